The highest BCUT2D eigenvalue weighted by atomic mass is 16.2. The first-order valence-corrected chi connectivity index (χ1v) is 8.16. The lowest BCUT2D eigenvalue weighted by Gasteiger charge is -2.24. The van der Waals surface area contributed by atoms with Gasteiger partial charge in [0.1, 0.15) is 0 Å². The summed E-state index contributed by atoms with van der Waals surface area (Å²) in [6.45, 7) is 6.39. The summed E-state index contributed by atoms with van der Waals surface area (Å²) in [6, 6.07) is 8.63. The van der Waals surface area contributed by atoms with Crippen LogP contribution in [0.3, 0.4) is 0 Å². The van der Waals surface area contributed by atoms with E-state index in [4.69, 9.17) is 0 Å². The standard InChI is InChI=1S/C18H26N2O/c1-13-5-3-4-6-15(13)11-14(2)20-17(21)16-12-18(16)7-9-19-10-8-18/h3-6,14,16,19H,7-12H2,1-2H3,(H,20,21). The zero-order valence-electron chi connectivity index (χ0n) is 13.1. The average Bonchev–Trinajstić information content (AvgIpc) is 3.16. The van der Waals surface area contributed by atoms with Crippen molar-refractivity contribution in [2.45, 2.75) is 45.6 Å². The topological polar surface area (TPSA) is 41.1 Å². The summed E-state index contributed by atoms with van der Waals surface area (Å²) in [5.74, 6) is 0.539. The van der Waals surface area contributed by atoms with Gasteiger partial charge in [0.2, 0.25) is 5.91 Å². The van der Waals surface area contributed by atoms with E-state index in [9.17, 15) is 4.79 Å². The number of hydrogen-bond acceptors (Lipinski definition) is 2. The van der Waals surface area contributed by atoms with Gasteiger partial charge in [-0.15, -0.1) is 0 Å². The summed E-state index contributed by atoms with van der Waals surface area (Å²) in [6.07, 6.45) is 4.34. The maximum absolute atomic E-state index is 12.4. The molecule has 2 N–H and O–H groups in total. The Morgan fingerprint density at radius 3 is 2.81 bits per heavy atom. The van der Waals surface area contributed by atoms with E-state index in [0.29, 0.717) is 5.41 Å². The van der Waals surface area contributed by atoms with Crippen LogP contribution < -0.4 is 10.6 Å². The van der Waals surface area contributed by atoms with Gasteiger partial charge in [0, 0.05) is 12.0 Å². The molecule has 2 fully saturated rings. The van der Waals surface area contributed by atoms with E-state index < -0.39 is 0 Å². The number of nitrogens with one attached hydrogen (secondary N) is 2. The van der Waals surface area contributed by atoms with Crippen LogP contribution in [0.4, 0.5) is 0 Å². The minimum atomic E-state index is 0.206. The summed E-state index contributed by atoms with van der Waals surface area (Å²) in [4.78, 5) is 12.4. The molecular formula is C18H26N2O. The van der Waals surface area contributed by atoms with Crippen molar-refractivity contribution in [3.63, 3.8) is 0 Å². The Morgan fingerprint density at radius 1 is 1.38 bits per heavy atom. The molecule has 1 saturated heterocycles. The lowest BCUT2D eigenvalue weighted by atomic mass is 9.91. The number of amides is 1. The van der Waals surface area contributed by atoms with E-state index in [2.05, 4.69) is 48.7 Å². The zero-order chi connectivity index (χ0) is 14.9. The van der Waals surface area contributed by atoms with Crippen molar-refractivity contribution in [2.24, 2.45) is 11.3 Å². The van der Waals surface area contributed by atoms with E-state index in [1.54, 1.807) is 0 Å². The number of benzene rings is 1. The Balaban J connectivity index is 1.52. The molecule has 1 heterocycles. The fourth-order valence-corrected chi connectivity index (χ4v) is 3.76. The van der Waals surface area contributed by atoms with Crippen molar-refractivity contribution >= 4 is 5.91 Å². The van der Waals surface area contributed by atoms with Crippen LogP contribution in [0.5, 0.6) is 0 Å². The van der Waals surface area contributed by atoms with Crippen molar-refractivity contribution in [3.8, 4) is 0 Å². The summed E-state index contributed by atoms with van der Waals surface area (Å²) in [7, 11) is 0. The van der Waals surface area contributed by atoms with Gasteiger partial charge in [-0.3, -0.25) is 4.79 Å². The molecule has 1 aliphatic carbocycles. The number of carbonyl (C=O) groups excluding carboxylic acids is 1. The van der Waals surface area contributed by atoms with Gasteiger partial charge >= 0.3 is 0 Å². The molecule has 1 aromatic rings. The Hall–Kier alpha value is -1.35. The van der Waals surface area contributed by atoms with E-state index in [-0.39, 0.29) is 17.9 Å². The Kier molecular flexibility index (Phi) is 4.03. The van der Waals surface area contributed by atoms with Crippen LogP contribution in [-0.2, 0) is 11.2 Å². The van der Waals surface area contributed by atoms with Gasteiger partial charge in [-0.25, -0.2) is 0 Å². The second kappa shape index (κ2) is 5.80. The lowest BCUT2D eigenvalue weighted by Crippen LogP contribution is -2.38. The van der Waals surface area contributed by atoms with E-state index >= 15 is 0 Å². The molecule has 21 heavy (non-hydrogen) atoms. The van der Waals surface area contributed by atoms with Gasteiger partial charge in [-0.2, -0.15) is 0 Å². The minimum Gasteiger partial charge on any atom is -0.353 e. The van der Waals surface area contributed by atoms with Gasteiger partial charge in [0.25, 0.3) is 0 Å². The molecule has 3 nitrogen and oxygen atoms in total. The van der Waals surface area contributed by atoms with E-state index in [1.165, 1.54) is 11.1 Å². The molecule has 2 unspecified atom stereocenters. The smallest absolute Gasteiger partial charge is 0.223 e. The van der Waals surface area contributed by atoms with Crippen molar-refractivity contribution in [1.82, 2.24) is 10.6 Å². The summed E-state index contributed by atoms with van der Waals surface area (Å²) < 4.78 is 0. The number of piperidine rings is 1. The largest absolute Gasteiger partial charge is 0.353 e. The summed E-state index contributed by atoms with van der Waals surface area (Å²) >= 11 is 0. The molecule has 1 spiro atoms. The Bertz CT molecular complexity index is 520. The molecule has 2 atom stereocenters. The predicted molar refractivity (Wildman–Crippen MR) is 85.1 cm³/mol. The molecule has 1 saturated carbocycles. The third-order valence-corrected chi connectivity index (χ3v) is 5.28. The van der Waals surface area contributed by atoms with Gasteiger partial charge < -0.3 is 10.6 Å². The van der Waals surface area contributed by atoms with Crippen LogP contribution in [0.1, 0.15) is 37.3 Å². The average molecular weight is 286 g/mol. The molecule has 3 heteroatoms. The lowest BCUT2D eigenvalue weighted by molar-refractivity contribution is -0.123. The number of rotatable bonds is 4. The van der Waals surface area contributed by atoms with Crippen LogP contribution in [0.2, 0.25) is 0 Å². The maximum atomic E-state index is 12.4. The van der Waals surface area contributed by atoms with Gasteiger partial charge in [0.15, 0.2) is 0 Å². The first-order valence-electron chi connectivity index (χ1n) is 8.16. The fraction of sp³-hybridized carbons (Fsp3) is 0.611. The number of aryl methyl sites for hydroxylation is 1. The third kappa shape index (κ3) is 3.13. The zero-order valence-corrected chi connectivity index (χ0v) is 13.1. The molecule has 1 aliphatic heterocycles. The van der Waals surface area contributed by atoms with E-state index in [1.807, 2.05) is 0 Å². The van der Waals surface area contributed by atoms with E-state index in [0.717, 1.165) is 38.8 Å². The SMILES string of the molecule is Cc1ccccc1CC(C)NC(=O)C1CC12CCNCC2. The highest BCUT2D eigenvalue weighted by Gasteiger charge is 2.57. The van der Waals surface area contributed by atoms with Gasteiger partial charge in [-0.1, -0.05) is 24.3 Å². The molecule has 3 rings (SSSR count). The first-order chi connectivity index (χ1) is 10.1. The monoisotopic (exact) mass is 286 g/mol. The molecule has 114 valence electrons. The van der Waals surface area contributed by atoms with Crippen molar-refractivity contribution in [2.75, 3.05) is 13.1 Å². The van der Waals surface area contributed by atoms with Crippen LogP contribution in [-0.4, -0.2) is 25.0 Å². The summed E-state index contributed by atoms with van der Waals surface area (Å²) in [5, 5.41) is 6.62. The van der Waals surface area contributed by atoms with Gasteiger partial charge in [-0.05, 0) is 69.2 Å². The first kappa shape index (κ1) is 14.6. The normalized spacial score (nSPS) is 24.6. The molecule has 2 aliphatic rings. The molecular weight excluding hydrogens is 260 g/mol. The second-order valence-electron chi connectivity index (χ2n) is 6.91. The van der Waals surface area contributed by atoms with Crippen molar-refractivity contribution in [1.29, 1.82) is 0 Å². The molecule has 0 aromatic heterocycles. The van der Waals surface area contributed by atoms with Crippen LogP contribution in [0, 0.1) is 18.3 Å². The van der Waals surface area contributed by atoms with Crippen molar-refractivity contribution in [3.05, 3.63) is 35.4 Å². The molecule has 1 aromatic carbocycles. The highest BCUT2D eigenvalue weighted by molar-refractivity contribution is 5.82. The summed E-state index contributed by atoms with van der Waals surface area (Å²) in [5.41, 5.74) is 2.97. The van der Waals surface area contributed by atoms with Gasteiger partial charge in [0.05, 0.1) is 0 Å². The second-order valence-corrected chi connectivity index (χ2v) is 6.91. The van der Waals surface area contributed by atoms with Crippen molar-refractivity contribution < 1.29 is 4.79 Å². The highest BCUT2D eigenvalue weighted by Crippen LogP contribution is 2.58. The molecule has 1 amide bonds. The Labute approximate surface area is 127 Å². The maximum Gasteiger partial charge on any atom is 0.223 e. The minimum absolute atomic E-state index is 0.206. The third-order valence-electron chi connectivity index (χ3n) is 5.28. The predicted octanol–water partition coefficient (Wildman–Crippen LogP) is 2.43. The van der Waals surface area contributed by atoms with Crippen LogP contribution >= 0.6 is 0 Å². The molecule has 0 radical (unpaired) electrons. The Morgan fingerprint density at radius 2 is 2.10 bits per heavy atom. The quantitative estimate of drug-likeness (QED) is 0.892. The number of carbonyl (C=O) groups is 1. The van der Waals surface area contributed by atoms with Crippen LogP contribution in [0.25, 0.3) is 0 Å². The van der Waals surface area contributed by atoms with Crippen LogP contribution in [0.15, 0.2) is 24.3 Å². The molecule has 0 bridgehead atoms. The fourth-order valence-electron chi connectivity index (χ4n) is 3.76. The number of hydrogen-bond donors (Lipinski definition) is 2.